The van der Waals surface area contributed by atoms with Crippen molar-refractivity contribution in [2.24, 2.45) is 0 Å². The van der Waals surface area contributed by atoms with Gasteiger partial charge in [-0.3, -0.25) is 4.84 Å². The zero-order valence-corrected chi connectivity index (χ0v) is 8.36. The Morgan fingerprint density at radius 1 is 1.50 bits per heavy atom. The second-order valence-electron chi connectivity index (χ2n) is 3.51. The third kappa shape index (κ3) is 1.65. The van der Waals surface area contributed by atoms with E-state index in [2.05, 4.69) is 4.98 Å². The summed E-state index contributed by atoms with van der Waals surface area (Å²) in [6, 6.07) is 1.91. The summed E-state index contributed by atoms with van der Waals surface area (Å²) in [7, 11) is 0. The van der Waals surface area contributed by atoms with E-state index >= 15 is 0 Å². The molecule has 1 aliphatic heterocycles. The lowest BCUT2D eigenvalue weighted by Gasteiger charge is -2.27. The quantitative estimate of drug-likeness (QED) is 0.734. The lowest BCUT2D eigenvalue weighted by Crippen LogP contribution is -2.31. The SMILES string of the molecule is Cc1ccnc(N2CCCCO2)c1N. The summed E-state index contributed by atoms with van der Waals surface area (Å²) in [4.78, 5) is 9.73. The number of rotatable bonds is 1. The predicted molar refractivity (Wildman–Crippen MR) is 55.9 cm³/mol. The van der Waals surface area contributed by atoms with Crippen molar-refractivity contribution in [1.29, 1.82) is 0 Å². The molecule has 1 aromatic heterocycles. The molecule has 2 N–H and O–H groups in total. The Morgan fingerprint density at radius 3 is 3.07 bits per heavy atom. The average Bonchev–Trinajstić information content (AvgIpc) is 2.23. The predicted octanol–water partition coefficient (Wildman–Crippen LogP) is 1.50. The van der Waals surface area contributed by atoms with Gasteiger partial charge in [0.2, 0.25) is 0 Å². The number of aryl methyl sites for hydroxylation is 1. The smallest absolute Gasteiger partial charge is 0.176 e. The summed E-state index contributed by atoms with van der Waals surface area (Å²) in [5.41, 5.74) is 7.69. The molecule has 0 amide bonds. The summed E-state index contributed by atoms with van der Waals surface area (Å²) in [5.74, 6) is 0.754. The lowest BCUT2D eigenvalue weighted by molar-refractivity contribution is 0.0764. The molecule has 0 aliphatic carbocycles. The maximum atomic E-state index is 5.93. The monoisotopic (exact) mass is 193 g/mol. The number of nitrogens with two attached hydrogens (primary N) is 1. The van der Waals surface area contributed by atoms with Gasteiger partial charge in [0.25, 0.3) is 0 Å². The van der Waals surface area contributed by atoms with E-state index in [-0.39, 0.29) is 0 Å². The van der Waals surface area contributed by atoms with Crippen LogP contribution in [0.4, 0.5) is 11.5 Å². The standard InChI is InChI=1S/C10H15N3O/c1-8-4-5-12-10(9(8)11)13-6-2-3-7-14-13/h4-5H,2-3,6-7,11H2,1H3. The Bertz CT molecular complexity index is 321. The molecule has 1 fully saturated rings. The molecular formula is C10H15N3O. The molecule has 14 heavy (non-hydrogen) atoms. The van der Waals surface area contributed by atoms with Crippen molar-refractivity contribution in [2.75, 3.05) is 23.9 Å². The Morgan fingerprint density at radius 2 is 2.36 bits per heavy atom. The molecule has 0 bridgehead atoms. The van der Waals surface area contributed by atoms with Gasteiger partial charge in [0.15, 0.2) is 5.82 Å². The largest absolute Gasteiger partial charge is 0.395 e. The molecule has 0 atom stereocenters. The number of nitrogen functional groups attached to an aromatic ring is 1. The number of nitrogens with zero attached hydrogens (tertiary/aromatic N) is 2. The van der Waals surface area contributed by atoms with Gasteiger partial charge in [-0.25, -0.2) is 10.0 Å². The van der Waals surface area contributed by atoms with Crippen LogP contribution in [0, 0.1) is 6.92 Å². The van der Waals surface area contributed by atoms with Crippen molar-refractivity contribution < 1.29 is 4.84 Å². The minimum Gasteiger partial charge on any atom is -0.395 e. The van der Waals surface area contributed by atoms with Gasteiger partial charge in [-0.2, -0.15) is 0 Å². The molecule has 0 spiro atoms. The zero-order valence-electron chi connectivity index (χ0n) is 8.36. The first-order valence-electron chi connectivity index (χ1n) is 4.90. The number of pyridine rings is 1. The number of hydrogen-bond donors (Lipinski definition) is 1. The van der Waals surface area contributed by atoms with Gasteiger partial charge in [-0.15, -0.1) is 0 Å². The molecule has 1 saturated heterocycles. The molecular weight excluding hydrogens is 178 g/mol. The van der Waals surface area contributed by atoms with E-state index < -0.39 is 0 Å². The van der Waals surface area contributed by atoms with Gasteiger partial charge in [-0.05, 0) is 31.4 Å². The van der Waals surface area contributed by atoms with Crippen LogP contribution in [0.15, 0.2) is 12.3 Å². The summed E-state index contributed by atoms with van der Waals surface area (Å²) in [5, 5.41) is 1.80. The minimum absolute atomic E-state index is 0.717. The Labute approximate surface area is 83.6 Å². The van der Waals surface area contributed by atoms with Crippen molar-refractivity contribution in [1.82, 2.24) is 4.98 Å². The Balaban J connectivity index is 2.26. The van der Waals surface area contributed by atoms with E-state index in [0.717, 1.165) is 43.1 Å². The zero-order chi connectivity index (χ0) is 9.97. The second-order valence-corrected chi connectivity index (χ2v) is 3.51. The normalized spacial score (nSPS) is 17.1. The number of anilines is 2. The number of hydroxylamine groups is 1. The molecule has 4 heteroatoms. The highest BCUT2D eigenvalue weighted by Gasteiger charge is 2.16. The van der Waals surface area contributed by atoms with Gasteiger partial charge in [0, 0.05) is 12.7 Å². The maximum Gasteiger partial charge on any atom is 0.176 e. The van der Waals surface area contributed by atoms with E-state index in [0.29, 0.717) is 0 Å². The second kappa shape index (κ2) is 3.84. The van der Waals surface area contributed by atoms with Crippen LogP contribution in [0.5, 0.6) is 0 Å². The van der Waals surface area contributed by atoms with Gasteiger partial charge >= 0.3 is 0 Å². The topological polar surface area (TPSA) is 51.4 Å². The van der Waals surface area contributed by atoms with Gasteiger partial charge in [0.05, 0.1) is 12.3 Å². The fraction of sp³-hybridized carbons (Fsp3) is 0.500. The molecule has 4 nitrogen and oxygen atoms in total. The van der Waals surface area contributed by atoms with E-state index in [1.807, 2.05) is 13.0 Å². The molecule has 2 heterocycles. The average molecular weight is 193 g/mol. The Kier molecular flexibility index (Phi) is 2.54. The van der Waals surface area contributed by atoms with E-state index in [4.69, 9.17) is 10.6 Å². The minimum atomic E-state index is 0.717. The highest BCUT2D eigenvalue weighted by atomic mass is 16.7. The molecule has 0 unspecified atom stereocenters. The van der Waals surface area contributed by atoms with Crippen LogP contribution in [0.3, 0.4) is 0 Å². The van der Waals surface area contributed by atoms with Crippen molar-refractivity contribution in [2.45, 2.75) is 19.8 Å². The lowest BCUT2D eigenvalue weighted by atomic mass is 10.2. The first-order valence-corrected chi connectivity index (χ1v) is 4.90. The summed E-state index contributed by atoms with van der Waals surface area (Å²) in [6.45, 7) is 3.61. The van der Waals surface area contributed by atoms with Crippen LogP contribution in [0.25, 0.3) is 0 Å². The molecule has 2 rings (SSSR count). The van der Waals surface area contributed by atoms with Crippen molar-refractivity contribution in [3.05, 3.63) is 17.8 Å². The third-order valence-corrected chi connectivity index (χ3v) is 2.43. The molecule has 76 valence electrons. The van der Waals surface area contributed by atoms with Crippen LogP contribution < -0.4 is 10.8 Å². The fourth-order valence-electron chi connectivity index (χ4n) is 1.52. The number of aromatic nitrogens is 1. The van der Waals surface area contributed by atoms with Crippen molar-refractivity contribution in [3.8, 4) is 0 Å². The molecule has 1 aliphatic rings. The molecule has 1 aromatic rings. The Hall–Kier alpha value is -1.29. The fourth-order valence-corrected chi connectivity index (χ4v) is 1.52. The van der Waals surface area contributed by atoms with Gasteiger partial charge in [0.1, 0.15) is 0 Å². The number of hydrogen-bond acceptors (Lipinski definition) is 4. The third-order valence-electron chi connectivity index (χ3n) is 2.43. The van der Waals surface area contributed by atoms with E-state index in [9.17, 15) is 0 Å². The van der Waals surface area contributed by atoms with Crippen LogP contribution in [-0.2, 0) is 4.84 Å². The van der Waals surface area contributed by atoms with E-state index in [1.165, 1.54) is 0 Å². The van der Waals surface area contributed by atoms with Gasteiger partial charge < -0.3 is 5.73 Å². The summed E-state index contributed by atoms with van der Waals surface area (Å²) >= 11 is 0. The van der Waals surface area contributed by atoms with Crippen LogP contribution in [0.1, 0.15) is 18.4 Å². The molecule has 0 aromatic carbocycles. The first kappa shape index (κ1) is 9.27. The first-order chi connectivity index (χ1) is 6.79. The van der Waals surface area contributed by atoms with E-state index in [1.54, 1.807) is 11.3 Å². The maximum absolute atomic E-state index is 5.93. The molecule has 0 saturated carbocycles. The van der Waals surface area contributed by atoms with Crippen LogP contribution >= 0.6 is 0 Å². The summed E-state index contributed by atoms with van der Waals surface area (Å²) in [6.07, 6.45) is 4.01. The van der Waals surface area contributed by atoms with Gasteiger partial charge in [-0.1, -0.05) is 0 Å². The highest BCUT2D eigenvalue weighted by Crippen LogP contribution is 2.25. The van der Waals surface area contributed by atoms with Crippen molar-refractivity contribution >= 4 is 11.5 Å². The highest BCUT2D eigenvalue weighted by molar-refractivity contribution is 5.65. The van der Waals surface area contributed by atoms with Crippen molar-refractivity contribution in [3.63, 3.8) is 0 Å². The van der Waals surface area contributed by atoms with Crippen LogP contribution in [0.2, 0.25) is 0 Å². The van der Waals surface area contributed by atoms with Crippen LogP contribution in [-0.4, -0.2) is 18.1 Å². The molecule has 0 radical (unpaired) electrons. The summed E-state index contributed by atoms with van der Waals surface area (Å²) < 4.78 is 0.